The van der Waals surface area contributed by atoms with Crippen molar-refractivity contribution >= 4 is 0 Å². The van der Waals surface area contributed by atoms with Crippen LogP contribution in [0, 0.1) is 11.6 Å². The molecule has 0 aliphatic carbocycles. The Bertz CT molecular complexity index is 685. The van der Waals surface area contributed by atoms with Gasteiger partial charge < -0.3 is 10.1 Å². The van der Waals surface area contributed by atoms with Crippen molar-refractivity contribution in [2.45, 2.75) is 12.5 Å². The molecule has 1 N–H and O–H groups in total. The molecule has 0 radical (unpaired) electrons. The first-order valence-electron chi connectivity index (χ1n) is 8.22. The maximum absolute atomic E-state index is 14.2. The molecular formula is C19H22F2N2O. The summed E-state index contributed by atoms with van der Waals surface area (Å²) in [6, 6.07) is 11.4. The van der Waals surface area contributed by atoms with Crippen molar-refractivity contribution in [3.8, 4) is 5.75 Å². The van der Waals surface area contributed by atoms with Gasteiger partial charge >= 0.3 is 0 Å². The number of ether oxygens (including phenoxy) is 1. The lowest BCUT2D eigenvalue weighted by atomic mass is 9.96. The zero-order valence-corrected chi connectivity index (χ0v) is 13.8. The van der Waals surface area contributed by atoms with E-state index < -0.39 is 5.82 Å². The second kappa shape index (κ2) is 7.73. The molecule has 5 heteroatoms. The minimum Gasteiger partial charge on any atom is -0.494 e. The van der Waals surface area contributed by atoms with Crippen LogP contribution in [0.4, 0.5) is 8.78 Å². The molecule has 0 amide bonds. The van der Waals surface area contributed by atoms with Crippen molar-refractivity contribution in [2.24, 2.45) is 0 Å². The lowest BCUT2D eigenvalue weighted by molar-refractivity contribution is 0.240. The Balaban J connectivity index is 2.02. The molecule has 2 aromatic rings. The summed E-state index contributed by atoms with van der Waals surface area (Å²) in [4.78, 5) is 2.27. The zero-order chi connectivity index (χ0) is 16.9. The van der Waals surface area contributed by atoms with Gasteiger partial charge in [0.1, 0.15) is 5.82 Å². The van der Waals surface area contributed by atoms with Crippen LogP contribution < -0.4 is 10.1 Å². The molecule has 0 saturated carbocycles. The molecule has 1 fully saturated rings. The van der Waals surface area contributed by atoms with E-state index >= 15 is 0 Å². The minimum atomic E-state index is -0.399. The van der Waals surface area contributed by atoms with E-state index in [1.54, 1.807) is 12.1 Å². The molecule has 1 heterocycles. The van der Waals surface area contributed by atoms with Crippen molar-refractivity contribution in [1.82, 2.24) is 10.2 Å². The van der Waals surface area contributed by atoms with Gasteiger partial charge in [0.15, 0.2) is 11.6 Å². The number of halogens is 2. The Hall–Kier alpha value is -1.98. The maximum atomic E-state index is 14.2. The molecule has 1 atom stereocenters. The molecule has 3 rings (SSSR count). The average Bonchev–Trinajstić information content (AvgIpc) is 2.85. The molecule has 2 aromatic carbocycles. The van der Waals surface area contributed by atoms with Gasteiger partial charge in [0.2, 0.25) is 0 Å². The molecule has 24 heavy (non-hydrogen) atoms. The Morgan fingerprint density at radius 3 is 2.62 bits per heavy atom. The van der Waals surface area contributed by atoms with E-state index in [-0.39, 0.29) is 17.6 Å². The van der Waals surface area contributed by atoms with E-state index in [1.807, 2.05) is 12.1 Å². The number of nitrogens with one attached hydrogen (secondary N) is 1. The summed E-state index contributed by atoms with van der Waals surface area (Å²) in [7, 11) is 1.45. The molecule has 0 bridgehead atoms. The summed E-state index contributed by atoms with van der Waals surface area (Å²) < 4.78 is 33.0. The van der Waals surface area contributed by atoms with E-state index in [4.69, 9.17) is 4.74 Å². The largest absolute Gasteiger partial charge is 0.494 e. The van der Waals surface area contributed by atoms with Gasteiger partial charge in [-0.2, -0.15) is 0 Å². The highest BCUT2D eigenvalue weighted by Crippen LogP contribution is 2.32. The number of methoxy groups -OCH3 is 1. The van der Waals surface area contributed by atoms with E-state index in [0.717, 1.165) is 43.7 Å². The molecule has 0 aromatic heterocycles. The molecule has 128 valence electrons. The Labute approximate surface area is 141 Å². The Morgan fingerprint density at radius 2 is 1.88 bits per heavy atom. The van der Waals surface area contributed by atoms with Crippen LogP contribution in [0.1, 0.15) is 23.6 Å². The molecule has 1 saturated heterocycles. The summed E-state index contributed by atoms with van der Waals surface area (Å²) in [5.41, 5.74) is 1.64. The van der Waals surface area contributed by atoms with Crippen LogP contribution in [0.15, 0.2) is 42.5 Å². The molecule has 1 unspecified atom stereocenters. The van der Waals surface area contributed by atoms with Gasteiger partial charge in [-0.3, -0.25) is 4.90 Å². The van der Waals surface area contributed by atoms with Gasteiger partial charge in [0, 0.05) is 19.6 Å². The summed E-state index contributed by atoms with van der Waals surface area (Å²) in [6.45, 7) is 3.53. The fourth-order valence-electron chi connectivity index (χ4n) is 3.27. The maximum Gasteiger partial charge on any atom is 0.165 e. The number of hydrogen-bond donors (Lipinski definition) is 1. The lowest BCUT2D eigenvalue weighted by Gasteiger charge is -2.31. The smallest absolute Gasteiger partial charge is 0.165 e. The fourth-order valence-corrected chi connectivity index (χ4v) is 3.27. The van der Waals surface area contributed by atoms with Crippen LogP contribution in [-0.4, -0.2) is 38.2 Å². The van der Waals surface area contributed by atoms with Gasteiger partial charge in [0.25, 0.3) is 0 Å². The topological polar surface area (TPSA) is 24.5 Å². The van der Waals surface area contributed by atoms with Crippen LogP contribution >= 0.6 is 0 Å². The van der Waals surface area contributed by atoms with Crippen LogP contribution in [0.2, 0.25) is 0 Å². The van der Waals surface area contributed by atoms with Crippen LogP contribution in [0.3, 0.4) is 0 Å². The Morgan fingerprint density at radius 1 is 1.04 bits per heavy atom. The first-order valence-corrected chi connectivity index (χ1v) is 8.22. The first-order chi connectivity index (χ1) is 11.7. The number of rotatable bonds is 4. The minimum absolute atomic E-state index is 0.180. The highest BCUT2D eigenvalue weighted by Gasteiger charge is 2.24. The molecule has 3 nitrogen and oxygen atoms in total. The molecular weight excluding hydrogens is 310 g/mol. The number of hydrogen-bond acceptors (Lipinski definition) is 3. The van der Waals surface area contributed by atoms with Gasteiger partial charge in [-0.1, -0.05) is 18.2 Å². The van der Waals surface area contributed by atoms with Crippen molar-refractivity contribution in [3.05, 3.63) is 65.2 Å². The lowest BCUT2D eigenvalue weighted by Crippen LogP contribution is -2.33. The predicted octanol–water partition coefficient (Wildman–Crippen LogP) is 3.36. The summed E-state index contributed by atoms with van der Waals surface area (Å²) >= 11 is 0. The summed E-state index contributed by atoms with van der Waals surface area (Å²) in [5, 5.41) is 3.37. The highest BCUT2D eigenvalue weighted by molar-refractivity contribution is 5.37. The van der Waals surface area contributed by atoms with E-state index in [9.17, 15) is 8.78 Å². The third-order valence-corrected chi connectivity index (χ3v) is 4.40. The van der Waals surface area contributed by atoms with Crippen molar-refractivity contribution in [3.63, 3.8) is 0 Å². The Kier molecular flexibility index (Phi) is 5.43. The zero-order valence-electron chi connectivity index (χ0n) is 13.8. The summed E-state index contributed by atoms with van der Waals surface area (Å²) in [5.74, 6) is -0.460. The average molecular weight is 332 g/mol. The third-order valence-electron chi connectivity index (χ3n) is 4.40. The van der Waals surface area contributed by atoms with E-state index in [2.05, 4.69) is 10.2 Å². The van der Waals surface area contributed by atoms with E-state index in [1.165, 1.54) is 25.3 Å². The number of nitrogens with zero attached hydrogens (tertiary/aromatic N) is 1. The van der Waals surface area contributed by atoms with Crippen molar-refractivity contribution < 1.29 is 13.5 Å². The van der Waals surface area contributed by atoms with Gasteiger partial charge in [-0.25, -0.2) is 8.78 Å². The predicted molar refractivity (Wildman–Crippen MR) is 90.3 cm³/mol. The SMILES string of the molecule is COc1ccc(C(c2cccc(F)c2)N2CCCNCC2)cc1F. The quantitative estimate of drug-likeness (QED) is 0.929. The molecule has 1 aliphatic heterocycles. The number of benzene rings is 2. The summed E-state index contributed by atoms with van der Waals surface area (Å²) in [6.07, 6.45) is 1.00. The normalized spacial score (nSPS) is 17.3. The highest BCUT2D eigenvalue weighted by atomic mass is 19.1. The van der Waals surface area contributed by atoms with Crippen LogP contribution in [-0.2, 0) is 0 Å². The second-order valence-electron chi connectivity index (χ2n) is 5.99. The van der Waals surface area contributed by atoms with Crippen molar-refractivity contribution in [1.29, 1.82) is 0 Å². The molecule has 1 aliphatic rings. The first kappa shape index (κ1) is 16.9. The van der Waals surface area contributed by atoms with Crippen LogP contribution in [0.5, 0.6) is 5.75 Å². The monoisotopic (exact) mass is 332 g/mol. The van der Waals surface area contributed by atoms with Crippen LogP contribution in [0.25, 0.3) is 0 Å². The van der Waals surface area contributed by atoms with Gasteiger partial charge in [-0.15, -0.1) is 0 Å². The standard InChI is InChI=1S/C19H22F2N2O/c1-24-18-7-6-15(13-17(18)21)19(14-4-2-5-16(20)12-14)23-10-3-8-22-9-11-23/h2,4-7,12-13,19,22H,3,8-11H2,1H3. The van der Waals surface area contributed by atoms with E-state index in [0.29, 0.717) is 0 Å². The second-order valence-corrected chi connectivity index (χ2v) is 5.99. The van der Waals surface area contributed by atoms with Gasteiger partial charge in [0.05, 0.1) is 13.2 Å². The van der Waals surface area contributed by atoms with Crippen molar-refractivity contribution in [2.75, 3.05) is 33.3 Å². The van der Waals surface area contributed by atoms with Gasteiger partial charge in [-0.05, 0) is 48.4 Å². The molecule has 0 spiro atoms. The fraction of sp³-hybridized carbons (Fsp3) is 0.368. The third kappa shape index (κ3) is 3.74.